The Hall–Kier alpha value is -2.16. The van der Waals surface area contributed by atoms with E-state index < -0.39 is 0 Å². The van der Waals surface area contributed by atoms with Gasteiger partial charge in [0.15, 0.2) is 0 Å². The van der Waals surface area contributed by atoms with Gasteiger partial charge in [-0.3, -0.25) is 0 Å². The highest BCUT2D eigenvalue weighted by molar-refractivity contribution is 5.72. The minimum Gasteiger partial charge on any atom is -0.497 e. The molecule has 0 aromatic heterocycles. The van der Waals surface area contributed by atoms with Gasteiger partial charge in [0, 0.05) is 16.9 Å². The van der Waals surface area contributed by atoms with Crippen LogP contribution in [0.4, 0.5) is 11.4 Å². The van der Waals surface area contributed by atoms with E-state index in [0.29, 0.717) is 5.92 Å². The van der Waals surface area contributed by atoms with Gasteiger partial charge in [-0.05, 0) is 80.6 Å². The maximum Gasteiger partial charge on any atom is 0.119 e. The van der Waals surface area contributed by atoms with Crippen molar-refractivity contribution in [3.05, 3.63) is 48.0 Å². The molecule has 2 aromatic carbocycles. The lowest BCUT2D eigenvalue weighted by Gasteiger charge is -2.47. The molecule has 0 amide bonds. The second kappa shape index (κ2) is 7.61. The predicted octanol–water partition coefficient (Wildman–Crippen LogP) is 6.30. The van der Waals surface area contributed by atoms with Crippen LogP contribution < -0.4 is 14.4 Å². The molecule has 3 nitrogen and oxygen atoms in total. The maximum atomic E-state index is 5.95. The normalized spacial score (nSPS) is 18.3. The molecule has 1 aliphatic heterocycles. The molecule has 2 aromatic rings. The summed E-state index contributed by atoms with van der Waals surface area (Å²) in [5.74, 6) is 2.37. The zero-order valence-electron chi connectivity index (χ0n) is 16.7. The standard InChI is InChI=1S/C23H31NO2/c1-6-7-14-26-20-12-13-22-21(15-20)17(2)16-23(3,4)24(22)18-8-10-19(25-5)11-9-18/h8-13,15,17H,6-7,14,16H2,1-5H3. The van der Waals surface area contributed by atoms with Crippen molar-refractivity contribution in [2.24, 2.45) is 0 Å². The Morgan fingerprint density at radius 3 is 2.42 bits per heavy atom. The Morgan fingerprint density at radius 2 is 1.77 bits per heavy atom. The van der Waals surface area contributed by atoms with Crippen molar-refractivity contribution in [3.63, 3.8) is 0 Å². The summed E-state index contributed by atoms with van der Waals surface area (Å²) in [6, 6.07) is 14.9. The minimum atomic E-state index is 0.0472. The summed E-state index contributed by atoms with van der Waals surface area (Å²) >= 11 is 0. The average molecular weight is 354 g/mol. The van der Waals surface area contributed by atoms with Crippen molar-refractivity contribution in [2.45, 2.75) is 58.4 Å². The Kier molecular flexibility index (Phi) is 5.45. The molecule has 0 saturated carbocycles. The Labute approximate surface area is 157 Å². The lowest BCUT2D eigenvalue weighted by atomic mass is 9.79. The number of anilines is 2. The summed E-state index contributed by atoms with van der Waals surface area (Å²) in [4.78, 5) is 2.46. The molecule has 3 rings (SSSR count). The van der Waals surface area contributed by atoms with Gasteiger partial charge in [-0.15, -0.1) is 0 Å². The van der Waals surface area contributed by atoms with Crippen molar-refractivity contribution < 1.29 is 9.47 Å². The largest absolute Gasteiger partial charge is 0.497 e. The van der Waals surface area contributed by atoms with Crippen LogP contribution in [0, 0.1) is 0 Å². The van der Waals surface area contributed by atoms with Gasteiger partial charge in [0.05, 0.1) is 13.7 Å². The van der Waals surface area contributed by atoms with E-state index in [4.69, 9.17) is 9.47 Å². The highest BCUT2D eigenvalue weighted by Crippen LogP contribution is 2.48. The lowest BCUT2D eigenvalue weighted by molar-refractivity contribution is 0.308. The number of methoxy groups -OCH3 is 1. The molecule has 1 unspecified atom stereocenters. The first-order valence-electron chi connectivity index (χ1n) is 9.67. The van der Waals surface area contributed by atoms with Gasteiger partial charge in [0.25, 0.3) is 0 Å². The third kappa shape index (κ3) is 3.67. The number of fused-ring (bicyclic) bond motifs is 1. The van der Waals surface area contributed by atoms with Gasteiger partial charge >= 0.3 is 0 Å². The van der Waals surface area contributed by atoms with E-state index in [2.05, 4.69) is 62.9 Å². The van der Waals surface area contributed by atoms with Crippen LogP contribution in [-0.4, -0.2) is 19.3 Å². The third-order valence-corrected chi connectivity index (χ3v) is 5.28. The van der Waals surface area contributed by atoms with Crippen LogP contribution in [0.15, 0.2) is 42.5 Å². The minimum absolute atomic E-state index is 0.0472. The van der Waals surface area contributed by atoms with Crippen molar-refractivity contribution in [3.8, 4) is 11.5 Å². The van der Waals surface area contributed by atoms with E-state index in [1.807, 2.05) is 12.1 Å². The molecule has 26 heavy (non-hydrogen) atoms. The predicted molar refractivity (Wildman–Crippen MR) is 109 cm³/mol. The molecule has 0 N–H and O–H groups in total. The van der Waals surface area contributed by atoms with E-state index >= 15 is 0 Å². The molecule has 3 heteroatoms. The monoisotopic (exact) mass is 353 g/mol. The summed E-state index contributed by atoms with van der Waals surface area (Å²) in [5.41, 5.74) is 3.89. The number of unbranched alkanes of at least 4 members (excludes halogenated alkanes) is 1. The third-order valence-electron chi connectivity index (χ3n) is 5.28. The second-order valence-corrected chi connectivity index (χ2v) is 7.87. The van der Waals surface area contributed by atoms with Crippen LogP contribution in [0.1, 0.15) is 58.4 Å². The fraction of sp³-hybridized carbons (Fsp3) is 0.478. The van der Waals surface area contributed by atoms with E-state index in [-0.39, 0.29) is 5.54 Å². The van der Waals surface area contributed by atoms with Gasteiger partial charge in [0.2, 0.25) is 0 Å². The van der Waals surface area contributed by atoms with Gasteiger partial charge in [-0.1, -0.05) is 20.3 Å². The molecular weight excluding hydrogens is 322 g/mol. The molecule has 0 aliphatic carbocycles. The van der Waals surface area contributed by atoms with Crippen LogP contribution in [-0.2, 0) is 0 Å². The SMILES string of the molecule is CCCCOc1ccc2c(c1)C(C)CC(C)(C)N2c1ccc(OC)cc1. The zero-order chi connectivity index (χ0) is 18.7. The Balaban J connectivity index is 1.98. The Bertz CT molecular complexity index is 736. The molecule has 140 valence electrons. The van der Waals surface area contributed by atoms with E-state index in [1.165, 1.54) is 16.9 Å². The molecule has 1 atom stereocenters. The number of nitrogens with zero attached hydrogens (tertiary/aromatic N) is 1. The molecule has 0 radical (unpaired) electrons. The summed E-state index contributed by atoms with van der Waals surface area (Å²) < 4.78 is 11.3. The van der Waals surface area contributed by atoms with Crippen molar-refractivity contribution >= 4 is 11.4 Å². The van der Waals surface area contributed by atoms with Gasteiger partial charge in [-0.2, -0.15) is 0 Å². The maximum absolute atomic E-state index is 5.95. The second-order valence-electron chi connectivity index (χ2n) is 7.87. The van der Waals surface area contributed by atoms with E-state index in [0.717, 1.165) is 37.4 Å². The summed E-state index contributed by atoms with van der Waals surface area (Å²) in [6.45, 7) is 9.94. The fourth-order valence-corrected chi connectivity index (χ4v) is 4.05. The molecule has 0 fully saturated rings. The number of ether oxygens (including phenoxy) is 2. The van der Waals surface area contributed by atoms with Crippen LogP contribution in [0.25, 0.3) is 0 Å². The summed E-state index contributed by atoms with van der Waals surface area (Å²) in [7, 11) is 1.71. The van der Waals surface area contributed by atoms with Gasteiger partial charge in [-0.25, -0.2) is 0 Å². The fourth-order valence-electron chi connectivity index (χ4n) is 4.05. The number of hydrogen-bond donors (Lipinski definition) is 0. The first kappa shape index (κ1) is 18.6. The van der Waals surface area contributed by atoms with Gasteiger partial charge < -0.3 is 14.4 Å². The summed E-state index contributed by atoms with van der Waals surface area (Å²) in [5, 5.41) is 0. The lowest BCUT2D eigenvalue weighted by Crippen LogP contribution is -2.45. The van der Waals surface area contributed by atoms with Gasteiger partial charge in [0.1, 0.15) is 11.5 Å². The first-order valence-corrected chi connectivity index (χ1v) is 9.67. The molecule has 1 aliphatic rings. The molecule has 0 spiro atoms. The highest BCUT2D eigenvalue weighted by atomic mass is 16.5. The van der Waals surface area contributed by atoms with Crippen molar-refractivity contribution in [2.75, 3.05) is 18.6 Å². The van der Waals surface area contributed by atoms with E-state index in [1.54, 1.807) is 7.11 Å². The van der Waals surface area contributed by atoms with Crippen LogP contribution in [0.2, 0.25) is 0 Å². The van der Waals surface area contributed by atoms with Crippen LogP contribution in [0.3, 0.4) is 0 Å². The molecule has 1 heterocycles. The summed E-state index contributed by atoms with van der Waals surface area (Å²) in [6.07, 6.45) is 3.35. The topological polar surface area (TPSA) is 21.7 Å². The average Bonchev–Trinajstić information content (AvgIpc) is 2.62. The van der Waals surface area contributed by atoms with Crippen molar-refractivity contribution in [1.29, 1.82) is 0 Å². The Morgan fingerprint density at radius 1 is 1.08 bits per heavy atom. The zero-order valence-corrected chi connectivity index (χ0v) is 16.7. The molecule has 0 saturated heterocycles. The molecule has 0 bridgehead atoms. The highest BCUT2D eigenvalue weighted by Gasteiger charge is 2.37. The quantitative estimate of drug-likeness (QED) is 0.569. The number of rotatable bonds is 6. The van der Waals surface area contributed by atoms with Crippen LogP contribution in [0.5, 0.6) is 11.5 Å². The number of hydrogen-bond acceptors (Lipinski definition) is 3. The smallest absolute Gasteiger partial charge is 0.119 e. The first-order chi connectivity index (χ1) is 12.5. The van der Waals surface area contributed by atoms with Crippen molar-refractivity contribution in [1.82, 2.24) is 0 Å². The van der Waals surface area contributed by atoms with E-state index in [9.17, 15) is 0 Å². The molecular formula is C23H31NO2. The number of benzene rings is 2. The van der Waals surface area contributed by atoms with Crippen LogP contribution >= 0.6 is 0 Å².